The number of non-ortho nitro benzene ring substituents is 1. The van der Waals surface area contributed by atoms with Crippen molar-refractivity contribution in [3.8, 4) is 0 Å². The molecule has 6 heteroatoms. The maximum atomic E-state index is 11.9. The molecule has 0 unspecified atom stereocenters. The van der Waals surface area contributed by atoms with Crippen molar-refractivity contribution >= 4 is 17.7 Å². The fourth-order valence-electron chi connectivity index (χ4n) is 3.02. The minimum Gasteiger partial charge on any atom is -0.352 e. The Bertz CT molecular complexity index is 625. The van der Waals surface area contributed by atoms with Crippen molar-refractivity contribution in [3.05, 3.63) is 46.0 Å². The van der Waals surface area contributed by atoms with Gasteiger partial charge in [0.05, 0.1) is 4.92 Å². The molecule has 1 amide bonds. The van der Waals surface area contributed by atoms with Crippen LogP contribution in [0.25, 0.3) is 6.08 Å². The van der Waals surface area contributed by atoms with Crippen LogP contribution in [0.1, 0.15) is 24.8 Å². The molecule has 0 spiro atoms. The van der Waals surface area contributed by atoms with Crippen molar-refractivity contribution in [2.24, 2.45) is 5.92 Å². The number of benzene rings is 1. The number of nitrogens with one attached hydrogen (secondary N) is 1. The van der Waals surface area contributed by atoms with E-state index in [0.717, 1.165) is 25.6 Å². The second-order valence-corrected chi connectivity index (χ2v) is 6.31. The summed E-state index contributed by atoms with van der Waals surface area (Å²) < 4.78 is 0. The highest BCUT2D eigenvalue weighted by atomic mass is 16.6. The van der Waals surface area contributed by atoms with Crippen LogP contribution in [0.3, 0.4) is 0 Å². The van der Waals surface area contributed by atoms with E-state index in [1.54, 1.807) is 18.2 Å². The van der Waals surface area contributed by atoms with Crippen molar-refractivity contribution in [2.75, 3.05) is 19.6 Å². The number of amides is 1. The third kappa shape index (κ3) is 4.39. The zero-order chi connectivity index (χ0) is 16.2. The molecule has 0 radical (unpaired) electrons. The molecule has 122 valence electrons. The van der Waals surface area contributed by atoms with Crippen LogP contribution in [0, 0.1) is 16.0 Å². The number of likely N-dealkylation sites (tertiary alicyclic amines) is 1. The summed E-state index contributed by atoms with van der Waals surface area (Å²) in [4.78, 5) is 24.7. The lowest BCUT2D eigenvalue weighted by molar-refractivity contribution is -0.384. The van der Waals surface area contributed by atoms with E-state index in [0.29, 0.717) is 18.0 Å². The van der Waals surface area contributed by atoms with E-state index in [1.165, 1.54) is 31.1 Å². The summed E-state index contributed by atoms with van der Waals surface area (Å²) in [5.74, 6) is 0.382. The van der Waals surface area contributed by atoms with E-state index < -0.39 is 4.92 Å². The minimum absolute atomic E-state index is 0.0266. The summed E-state index contributed by atoms with van der Waals surface area (Å²) >= 11 is 0. The van der Waals surface area contributed by atoms with Crippen LogP contribution < -0.4 is 5.32 Å². The first kappa shape index (κ1) is 15.7. The second kappa shape index (κ2) is 6.91. The summed E-state index contributed by atoms with van der Waals surface area (Å²) in [6, 6.07) is 7.03. The molecule has 1 aromatic carbocycles. The lowest BCUT2D eigenvalue weighted by atomic mass is 10.1. The van der Waals surface area contributed by atoms with E-state index in [9.17, 15) is 14.9 Å². The highest BCUT2D eigenvalue weighted by Crippen LogP contribution is 2.31. The molecule has 2 fully saturated rings. The first-order valence-corrected chi connectivity index (χ1v) is 8.06. The fourth-order valence-corrected chi connectivity index (χ4v) is 3.02. The van der Waals surface area contributed by atoms with E-state index >= 15 is 0 Å². The van der Waals surface area contributed by atoms with Gasteiger partial charge in [-0.15, -0.1) is 0 Å². The Hall–Kier alpha value is -2.21. The molecule has 1 atom stereocenters. The smallest absolute Gasteiger partial charge is 0.270 e. The molecule has 2 aliphatic rings. The van der Waals surface area contributed by atoms with Gasteiger partial charge in [0.1, 0.15) is 0 Å². The Balaban J connectivity index is 1.45. The summed E-state index contributed by atoms with van der Waals surface area (Å²) in [6.45, 7) is 2.93. The van der Waals surface area contributed by atoms with Crippen LogP contribution in [-0.4, -0.2) is 41.4 Å². The average Bonchev–Trinajstić information content (AvgIpc) is 3.30. The predicted molar refractivity (Wildman–Crippen MR) is 87.8 cm³/mol. The van der Waals surface area contributed by atoms with E-state index in [4.69, 9.17) is 0 Å². The molecule has 1 saturated heterocycles. The average molecular weight is 315 g/mol. The van der Waals surface area contributed by atoms with Gasteiger partial charge in [0.25, 0.3) is 5.69 Å². The molecule has 1 aliphatic carbocycles. The van der Waals surface area contributed by atoms with Gasteiger partial charge in [0.15, 0.2) is 0 Å². The molecular weight excluding hydrogens is 294 g/mol. The number of nitrogens with zero attached hydrogens (tertiary/aromatic N) is 2. The molecule has 1 N–H and O–H groups in total. The van der Waals surface area contributed by atoms with Crippen molar-refractivity contribution in [3.63, 3.8) is 0 Å². The van der Waals surface area contributed by atoms with Gasteiger partial charge in [0.2, 0.25) is 5.91 Å². The van der Waals surface area contributed by atoms with Crippen LogP contribution >= 0.6 is 0 Å². The van der Waals surface area contributed by atoms with Gasteiger partial charge in [-0.2, -0.15) is 0 Å². The zero-order valence-corrected chi connectivity index (χ0v) is 13.0. The zero-order valence-electron chi connectivity index (χ0n) is 13.0. The van der Waals surface area contributed by atoms with Crippen LogP contribution in [0.15, 0.2) is 30.3 Å². The predicted octanol–water partition coefficient (Wildman–Crippen LogP) is 2.21. The lowest BCUT2D eigenvalue weighted by Gasteiger charge is -2.14. The molecule has 1 aromatic rings. The van der Waals surface area contributed by atoms with E-state index in [1.807, 2.05) is 0 Å². The quantitative estimate of drug-likeness (QED) is 0.496. The molecule has 6 nitrogen and oxygen atoms in total. The van der Waals surface area contributed by atoms with Gasteiger partial charge in [-0.25, -0.2) is 0 Å². The topological polar surface area (TPSA) is 75.5 Å². The minimum atomic E-state index is -0.441. The Kier molecular flexibility index (Phi) is 4.71. The fraction of sp³-hybridized carbons (Fsp3) is 0.471. The van der Waals surface area contributed by atoms with Crippen molar-refractivity contribution in [1.29, 1.82) is 0 Å². The van der Waals surface area contributed by atoms with Gasteiger partial charge in [0, 0.05) is 37.3 Å². The molecule has 0 aromatic heterocycles. The number of nitro benzene ring substituents is 1. The standard InChI is InChI=1S/C17H21N3O3/c21-17(7-4-13-2-1-3-16(10-13)20(22)23)18-11-14-8-9-19(12-14)15-5-6-15/h1-4,7,10,14-15H,5-6,8-9,11-12H2,(H,18,21)/b7-4-/t14-/m1/s1. The van der Waals surface area contributed by atoms with Crippen LogP contribution in [0.2, 0.25) is 0 Å². The van der Waals surface area contributed by atoms with Gasteiger partial charge in [-0.05, 0) is 43.4 Å². The molecular formula is C17H21N3O3. The normalized spacial score (nSPS) is 21.7. The molecule has 3 rings (SSSR count). The van der Waals surface area contributed by atoms with Crippen LogP contribution in [-0.2, 0) is 4.79 Å². The monoisotopic (exact) mass is 315 g/mol. The van der Waals surface area contributed by atoms with E-state index in [2.05, 4.69) is 10.2 Å². The number of carbonyl (C=O) groups excluding carboxylic acids is 1. The number of carbonyl (C=O) groups is 1. The maximum Gasteiger partial charge on any atom is 0.270 e. The summed E-state index contributed by atoms with van der Waals surface area (Å²) in [5.41, 5.74) is 0.675. The number of hydrogen-bond acceptors (Lipinski definition) is 4. The number of hydrogen-bond donors (Lipinski definition) is 1. The molecule has 1 saturated carbocycles. The molecule has 23 heavy (non-hydrogen) atoms. The largest absolute Gasteiger partial charge is 0.352 e. The molecule has 1 heterocycles. The lowest BCUT2D eigenvalue weighted by Crippen LogP contribution is -2.30. The number of rotatable bonds is 6. The Morgan fingerprint density at radius 3 is 2.96 bits per heavy atom. The Morgan fingerprint density at radius 2 is 2.22 bits per heavy atom. The first-order chi connectivity index (χ1) is 11.1. The first-order valence-electron chi connectivity index (χ1n) is 8.06. The van der Waals surface area contributed by atoms with Crippen molar-refractivity contribution in [2.45, 2.75) is 25.3 Å². The third-order valence-corrected chi connectivity index (χ3v) is 4.45. The van der Waals surface area contributed by atoms with E-state index in [-0.39, 0.29) is 11.6 Å². The Labute approximate surface area is 135 Å². The summed E-state index contributed by atoms with van der Waals surface area (Å²) in [5, 5.41) is 13.6. The number of nitro groups is 1. The third-order valence-electron chi connectivity index (χ3n) is 4.45. The van der Waals surface area contributed by atoms with Crippen LogP contribution in [0.4, 0.5) is 5.69 Å². The van der Waals surface area contributed by atoms with Crippen molar-refractivity contribution < 1.29 is 9.72 Å². The maximum absolute atomic E-state index is 11.9. The summed E-state index contributed by atoms with van der Waals surface area (Å²) in [7, 11) is 0. The van der Waals surface area contributed by atoms with Gasteiger partial charge < -0.3 is 10.2 Å². The van der Waals surface area contributed by atoms with Gasteiger partial charge in [-0.1, -0.05) is 12.1 Å². The Morgan fingerprint density at radius 1 is 1.39 bits per heavy atom. The molecule has 0 bridgehead atoms. The SMILES string of the molecule is O=C(/C=C\c1cccc([N+](=O)[O-])c1)NC[C@H]1CCN(C2CC2)C1. The van der Waals surface area contributed by atoms with Gasteiger partial charge >= 0.3 is 0 Å². The van der Waals surface area contributed by atoms with Crippen molar-refractivity contribution in [1.82, 2.24) is 10.2 Å². The van der Waals surface area contributed by atoms with Crippen LogP contribution in [0.5, 0.6) is 0 Å². The van der Waals surface area contributed by atoms with Gasteiger partial charge in [-0.3, -0.25) is 14.9 Å². The molecule has 1 aliphatic heterocycles. The highest BCUT2D eigenvalue weighted by molar-refractivity contribution is 5.91. The second-order valence-electron chi connectivity index (χ2n) is 6.31. The summed E-state index contributed by atoms with van der Waals surface area (Å²) in [6.07, 6.45) is 6.83. The highest BCUT2D eigenvalue weighted by Gasteiger charge is 2.34.